The summed E-state index contributed by atoms with van der Waals surface area (Å²) in [5.41, 5.74) is 4.92. The zero-order valence-corrected chi connectivity index (χ0v) is 17.6. The lowest BCUT2D eigenvalue weighted by Crippen LogP contribution is -2.30. The summed E-state index contributed by atoms with van der Waals surface area (Å²) >= 11 is 0. The van der Waals surface area contributed by atoms with Crippen LogP contribution in [0.15, 0.2) is 66.7 Å². The molecule has 3 aromatic rings. The molecular weight excluding hydrogens is 390 g/mol. The Hall–Kier alpha value is -4.11. The van der Waals surface area contributed by atoms with Crippen molar-refractivity contribution in [1.82, 2.24) is 0 Å². The maximum atomic E-state index is 12.8. The molecule has 0 aliphatic rings. The number of carbonyl (C=O) groups excluding carboxylic acids is 2. The second kappa shape index (κ2) is 9.59. The molecule has 2 N–H and O–H groups in total. The van der Waals surface area contributed by atoms with Gasteiger partial charge in [-0.2, -0.15) is 5.26 Å². The van der Waals surface area contributed by atoms with Gasteiger partial charge >= 0.3 is 5.97 Å². The van der Waals surface area contributed by atoms with E-state index in [9.17, 15) is 9.59 Å². The molecule has 0 aliphatic carbocycles. The number of ether oxygens (including phenoxy) is 1. The molecular formula is C25H23N3O3. The minimum absolute atomic E-state index is 0.328. The van der Waals surface area contributed by atoms with Crippen molar-refractivity contribution >= 4 is 28.9 Å². The van der Waals surface area contributed by atoms with Crippen molar-refractivity contribution in [3.63, 3.8) is 0 Å². The number of para-hydroxylation sites is 1. The Balaban J connectivity index is 1.72. The van der Waals surface area contributed by atoms with Crippen molar-refractivity contribution in [2.75, 3.05) is 10.6 Å². The number of rotatable bonds is 6. The van der Waals surface area contributed by atoms with E-state index in [4.69, 9.17) is 10.00 Å². The third-order valence-corrected chi connectivity index (χ3v) is 4.93. The standard InChI is InChI=1S/C25H23N3O3/c1-16-8-6-13-22(17(16)2)28-23-12-5-4-11-21(23)25(30)31-18(3)24(29)27-20-10-7-9-19(14-20)15-26/h4-14,18,28H,1-3H3,(H,27,29)/t18-/m0/s1. The summed E-state index contributed by atoms with van der Waals surface area (Å²) in [5, 5.41) is 14.9. The largest absolute Gasteiger partial charge is 0.449 e. The number of aryl methyl sites for hydroxylation is 1. The fourth-order valence-electron chi connectivity index (χ4n) is 2.99. The smallest absolute Gasteiger partial charge is 0.341 e. The van der Waals surface area contributed by atoms with Gasteiger partial charge in [-0.15, -0.1) is 0 Å². The summed E-state index contributed by atoms with van der Waals surface area (Å²) < 4.78 is 5.40. The van der Waals surface area contributed by atoms with Crippen LogP contribution in [0.1, 0.15) is 34.0 Å². The van der Waals surface area contributed by atoms with Crippen LogP contribution in [0.5, 0.6) is 0 Å². The lowest BCUT2D eigenvalue weighted by Gasteiger charge is -2.17. The molecule has 31 heavy (non-hydrogen) atoms. The SMILES string of the molecule is Cc1cccc(Nc2ccccc2C(=O)O[C@@H](C)C(=O)Nc2cccc(C#N)c2)c1C. The number of carbonyl (C=O) groups is 2. The van der Waals surface area contributed by atoms with E-state index in [2.05, 4.69) is 10.6 Å². The van der Waals surface area contributed by atoms with E-state index in [-0.39, 0.29) is 0 Å². The van der Waals surface area contributed by atoms with Crippen LogP contribution < -0.4 is 10.6 Å². The molecule has 6 heteroatoms. The first kappa shape index (κ1) is 21.6. The normalized spacial score (nSPS) is 11.2. The molecule has 6 nitrogen and oxygen atoms in total. The summed E-state index contributed by atoms with van der Waals surface area (Å²) in [5.74, 6) is -1.09. The van der Waals surface area contributed by atoms with Gasteiger partial charge in [0, 0.05) is 11.4 Å². The molecule has 156 valence electrons. The summed E-state index contributed by atoms with van der Waals surface area (Å²) in [4.78, 5) is 25.2. The molecule has 3 aromatic carbocycles. The summed E-state index contributed by atoms with van der Waals surface area (Å²) in [6.45, 7) is 5.53. The van der Waals surface area contributed by atoms with Gasteiger partial charge in [-0.3, -0.25) is 4.79 Å². The van der Waals surface area contributed by atoms with E-state index in [0.717, 1.165) is 16.8 Å². The number of nitriles is 1. The Morgan fingerprint density at radius 1 is 0.968 bits per heavy atom. The van der Waals surface area contributed by atoms with E-state index in [1.807, 2.05) is 44.2 Å². The van der Waals surface area contributed by atoms with E-state index in [0.29, 0.717) is 22.5 Å². The Morgan fingerprint density at radius 2 is 1.68 bits per heavy atom. The third kappa shape index (κ3) is 5.28. The highest BCUT2D eigenvalue weighted by Crippen LogP contribution is 2.26. The van der Waals surface area contributed by atoms with Crippen molar-refractivity contribution in [1.29, 1.82) is 5.26 Å². The molecule has 0 aromatic heterocycles. The van der Waals surface area contributed by atoms with E-state index in [1.165, 1.54) is 6.92 Å². The van der Waals surface area contributed by atoms with Crippen LogP contribution in [-0.4, -0.2) is 18.0 Å². The molecule has 0 heterocycles. The highest BCUT2D eigenvalue weighted by Gasteiger charge is 2.21. The third-order valence-electron chi connectivity index (χ3n) is 4.93. The number of esters is 1. The number of hydrogen-bond acceptors (Lipinski definition) is 5. The second-order valence-corrected chi connectivity index (χ2v) is 7.15. The number of nitrogens with one attached hydrogen (secondary N) is 2. The van der Waals surface area contributed by atoms with E-state index < -0.39 is 18.0 Å². The highest BCUT2D eigenvalue weighted by molar-refractivity contribution is 6.00. The van der Waals surface area contributed by atoms with Gasteiger partial charge in [-0.25, -0.2) is 4.79 Å². The zero-order valence-electron chi connectivity index (χ0n) is 17.6. The average molecular weight is 413 g/mol. The molecule has 0 saturated heterocycles. The van der Waals surface area contributed by atoms with Gasteiger partial charge in [0.15, 0.2) is 6.10 Å². The van der Waals surface area contributed by atoms with Gasteiger partial charge in [-0.05, 0) is 68.3 Å². The van der Waals surface area contributed by atoms with Crippen LogP contribution in [0.4, 0.5) is 17.1 Å². The topological polar surface area (TPSA) is 91.2 Å². The maximum absolute atomic E-state index is 12.8. The first-order chi connectivity index (χ1) is 14.9. The summed E-state index contributed by atoms with van der Waals surface area (Å²) in [6.07, 6.45) is -1.02. The van der Waals surface area contributed by atoms with Crippen LogP contribution in [0.3, 0.4) is 0 Å². The lowest BCUT2D eigenvalue weighted by atomic mass is 10.1. The molecule has 1 atom stereocenters. The van der Waals surface area contributed by atoms with Crippen molar-refractivity contribution in [3.05, 3.63) is 89.0 Å². The number of hydrogen-bond donors (Lipinski definition) is 2. The summed E-state index contributed by atoms with van der Waals surface area (Å²) in [7, 11) is 0. The van der Waals surface area contributed by atoms with Gasteiger partial charge in [0.25, 0.3) is 5.91 Å². The molecule has 0 radical (unpaired) electrons. The predicted molar refractivity (Wildman–Crippen MR) is 120 cm³/mol. The van der Waals surface area contributed by atoms with E-state index >= 15 is 0 Å². The minimum Gasteiger partial charge on any atom is -0.449 e. The molecule has 1 amide bonds. The minimum atomic E-state index is -1.02. The number of amides is 1. The molecule has 0 bridgehead atoms. The summed E-state index contributed by atoms with van der Waals surface area (Å²) in [6, 6.07) is 21.4. The molecule has 3 rings (SSSR count). The van der Waals surface area contributed by atoms with Gasteiger partial charge < -0.3 is 15.4 Å². The zero-order chi connectivity index (χ0) is 22.4. The van der Waals surface area contributed by atoms with Gasteiger partial charge in [-0.1, -0.05) is 30.3 Å². The van der Waals surface area contributed by atoms with E-state index in [1.54, 1.807) is 42.5 Å². The maximum Gasteiger partial charge on any atom is 0.341 e. The fraction of sp³-hybridized carbons (Fsp3) is 0.160. The lowest BCUT2D eigenvalue weighted by molar-refractivity contribution is -0.123. The van der Waals surface area contributed by atoms with Crippen molar-refractivity contribution in [2.45, 2.75) is 26.9 Å². The molecule has 0 saturated carbocycles. The van der Waals surface area contributed by atoms with Gasteiger partial charge in [0.1, 0.15) is 0 Å². The van der Waals surface area contributed by atoms with Crippen molar-refractivity contribution in [3.8, 4) is 6.07 Å². The van der Waals surface area contributed by atoms with Crippen LogP contribution in [0, 0.1) is 25.2 Å². The quantitative estimate of drug-likeness (QED) is 0.549. The second-order valence-electron chi connectivity index (χ2n) is 7.15. The Morgan fingerprint density at radius 3 is 2.45 bits per heavy atom. The number of benzene rings is 3. The highest BCUT2D eigenvalue weighted by atomic mass is 16.5. The first-order valence-corrected chi connectivity index (χ1v) is 9.83. The first-order valence-electron chi connectivity index (χ1n) is 9.83. The fourth-order valence-corrected chi connectivity index (χ4v) is 2.99. The average Bonchev–Trinajstić information content (AvgIpc) is 2.77. The monoisotopic (exact) mass is 413 g/mol. The number of nitrogens with zero attached hydrogens (tertiary/aromatic N) is 1. The van der Waals surface area contributed by atoms with Crippen LogP contribution >= 0.6 is 0 Å². The molecule has 0 fully saturated rings. The Bertz CT molecular complexity index is 1160. The predicted octanol–water partition coefficient (Wildman–Crippen LogP) is 5.10. The van der Waals surface area contributed by atoms with Crippen LogP contribution in [0.25, 0.3) is 0 Å². The van der Waals surface area contributed by atoms with Crippen LogP contribution in [-0.2, 0) is 9.53 Å². The van der Waals surface area contributed by atoms with Gasteiger partial charge in [0.05, 0.1) is 22.9 Å². The van der Waals surface area contributed by atoms with Crippen LogP contribution in [0.2, 0.25) is 0 Å². The molecule has 0 unspecified atom stereocenters. The Kier molecular flexibility index (Phi) is 6.68. The van der Waals surface area contributed by atoms with Crippen molar-refractivity contribution < 1.29 is 14.3 Å². The molecule has 0 aliphatic heterocycles. The molecule has 0 spiro atoms. The Labute approximate surface area is 181 Å². The number of anilines is 3. The van der Waals surface area contributed by atoms with Gasteiger partial charge in [0.2, 0.25) is 0 Å². The van der Waals surface area contributed by atoms with Crippen molar-refractivity contribution in [2.24, 2.45) is 0 Å².